The van der Waals surface area contributed by atoms with Gasteiger partial charge in [-0.3, -0.25) is 4.79 Å². The van der Waals surface area contributed by atoms with Crippen LogP contribution in [0.15, 0.2) is 42.5 Å². The first-order valence-corrected chi connectivity index (χ1v) is 9.93. The lowest BCUT2D eigenvalue weighted by Gasteiger charge is -2.08. The van der Waals surface area contributed by atoms with Crippen LogP contribution < -0.4 is 14.8 Å². The highest BCUT2D eigenvalue weighted by Gasteiger charge is 2.13. The van der Waals surface area contributed by atoms with E-state index < -0.39 is 0 Å². The van der Waals surface area contributed by atoms with Crippen molar-refractivity contribution in [2.75, 3.05) is 20.8 Å². The SMILES string of the molecule is COc1ccc(-c2nc(C)c(CCNC(=O)c3cccc(Cl)c3)s2)cc1OC. The fourth-order valence-corrected chi connectivity index (χ4v) is 4.02. The minimum Gasteiger partial charge on any atom is -0.493 e. The Morgan fingerprint density at radius 1 is 1.14 bits per heavy atom. The van der Waals surface area contributed by atoms with Gasteiger partial charge in [0.05, 0.1) is 19.9 Å². The summed E-state index contributed by atoms with van der Waals surface area (Å²) in [6.07, 6.45) is 0.711. The van der Waals surface area contributed by atoms with Crippen molar-refractivity contribution < 1.29 is 14.3 Å². The fourth-order valence-electron chi connectivity index (χ4n) is 2.77. The summed E-state index contributed by atoms with van der Waals surface area (Å²) in [6, 6.07) is 12.7. The molecule has 0 aliphatic heterocycles. The van der Waals surface area contributed by atoms with Crippen LogP contribution in [0.1, 0.15) is 20.9 Å². The zero-order valence-corrected chi connectivity index (χ0v) is 17.5. The largest absolute Gasteiger partial charge is 0.493 e. The van der Waals surface area contributed by atoms with Crippen LogP contribution in [0.4, 0.5) is 0 Å². The van der Waals surface area contributed by atoms with E-state index >= 15 is 0 Å². The number of halogens is 1. The van der Waals surface area contributed by atoms with E-state index in [1.165, 1.54) is 0 Å². The van der Waals surface area contributed by atoms with Gasteiger partial charge in [0.2, 0.25) is 0 Å². The Morgan fingerprint density at radius 2 is 1.93 bits per heavy atom. The number of hydrogen-bond acceptors (Lipinski definition) is 5. The summed E-state index contributed by atoms with van der Waals surface area (Å²) in [4.78, 5) is 18.0. The van der Waals surface area contributed by atoms with Crippen molar-refractivity contribution in [1.29, 1.82) is 0 Å². The first kappa shape index (κ1) is 20.2. The number of nitrogens with zero attached hydrogens (tertiary/aromatic N) is 1. The number of rotatable bonds is 7. The lowest BCUT2D eigenvalue weighted by Crippen LogP contribution is -2.25. The topological polar surface area (TPSA) is 60.5 Å². The fraction of sp³-hybridized carbons (Fsp3) is 0.238. The van der Waals surface area contributed by atoms with Crippen LogP contribution in [0.25, 0.3) is 10.6 Å². The molecule has 0 saturated heterocycles. The molecule has 1 heterocycles. The molecule has 0 radical (unpaired) electrons. The number of aromatic nitrogens is 1. The second-order valence-corrected chi connectivity index (χ2v) is 7.63. The van der Waals surface area contributed by atoms with E-state index in [9.17, 15) is 4.79 Å². The van der Waals surface area contributed by atoms with E-state index in [0.717, 1.165) is 21.1 Å². The Labute approximate surface area is 173 Å². The number of hydrogen-bond donors (Lipinski definition) is 1. The van der Waals surface area contributed by atoms with Crippen molar-refractivity contribution in [1.82, 2.24) is 10.3 Å². The van der Waals surface area contributed by atoms with Gasteiger partial charge in [0.15, 0.2) is 11.5 Å². The molecule has 0 spiro atoms. The number of ether oxygens (including phenoxy) is 2. The average Bonchev–Trinajstić information content (AvgIpc) is 3.08. The first-order valence-electron chi connectivity index (χ1n) is 8.74. The van der Waals surface area contributed by atoms with Gasteiger partial charge in [-0.2, -0.15) is 0 Å². The molecule has 3 rings (SSSR count). The zero-order chi connectivity index (χ0) is 20.1. The average molecular weight is 417 g/mol. The second kappa shape index (κ2) is 9.08. The number of thiazole rings is 1. The highest BCUT2D eigenvalue weighted by Crippen LogP contribution is 2.35. The summed E-state index contributed by atoms with van der Waals surface area (Å²) in [5.74, 6) is 1.22. The molecule has 7 heteroatoms. The summed E-state index contributed by atoms with van der Waals surface area (Å²) in [5, 5.41) is 4.39. The molecular formula is C21H21ClN2O3S. The summed E-state index contributed by atoms with van der Waals surface area (Å²) < 4.78 is 10.7. The summed E-state index contributed by atoms with van der Waals surface area (Å²) in [7, 11) is 3.23. The number of benzene rings is 2. The summed E-state index contributed by atoms with van der Waals surface area (Å²) >= 11 is 7.55. The molecule has 0 aliphatic rings. The number of aryl methyl sites for hydroxylation is 1. The van der Waals surface area contributed by atoms with Gasteiger partial charge in [0.25, 0.3) is 5.91 Å². The van der Waals surface area contributed by atoms with Crippen LogP contribution in [0.2, 0.25) is 5.02 Å². The van der Waals surface area contributed by atoms with E-state index in [4.69, 9.17) is 21.1 Å². The third-order valence-corrected chi connectivity index (χ3v) is 5.75. The Hall–Kier alpha value is -2.57. The number of carbonyl (C=O) groups excluding carboxylic acids is 1. The van der Waals surface area contributed by atoms with Crippen molar-refractivity contribution in [2.45, 2.75) is 13.3 Å². The van der Waals surface area contributed by atoms with Crippen LogP contribution in [0.5, 0.6) is 11.5 Å². The Balaban J connectivity index is 1.67. The lowest BCUT2D eigenvalue weighted by molar-refractivity contribution is 0.0954. The van der Waals surface area contributed by atoms with Gasteiger partial charge in [0.1, 0.15) is 5.01 Å². The van der Waals surface area contributed by atoms with Gasteiger partial charge in [-0.05, 0) is 43.3 Å². The molecule has 5 nitrogen and oxygen atoms in total. The van der Waals surface area contributed by atoms with Crippen molar-refractivity contribution in [3.8, 4) is 22.1 Å². The quantitative estimate of drug-likeness (QED) is 0.603. The van der Waals surface area contributed by atoms with Gasteiger partial charge in [-0.25, -0.2) is 4.98 Å². The molecule has 0 unspecified atom stereocenters. The molecule has 1 aromatic heterocycles. The summed E-state index contributed by atoms with van der Waals surface area (Å²) in [5.41, 5.74) is 2.49. The molecular weight excluding hydrogens is 396 g/mol. The molecule has 0 atom stereocenters. The highest BCUT2D eigenvalue weighted by atomic mass is 35.5. The monoisotopic (exact) mass is 416 g/mol. The maximum absolute atomic E-state index is 12.2. The van der Waals surface area contributed by atoms with Gasteiger partial charge >= 0.3 is 0 Å². The third-order valence-electron chi connectivity index (χ3n) is 4.25. The van der Waals surface area contributed by atoms with E-state index in [1.807, 2.05) is 25.1 Å². The third kappa shape index (κ3) is 4.64. The smallest absolute Gasteiger partial charge is 0.251 e. The predicted octanol–water partition coefficient (Wildman–Crippen LogP) is 4.76. The minimum atomic E-state index is -0.134. The van der Waals surface area contributed by atoms with Crippen LogP contribution >= 0.6 is 22.9 Å². The molecule has 1 amide bonds. The second-order valence-electron chi connectivity index (χ2n) is 6.11. The van der Waals surface area contributed by atoms with Gasteiger partial charge in [-0.1, -0.05) is 17.7 Å². The zero-order valence-electron chi connectivity index (χ0n) is 15.9. The van der Waals surface area contributed by atoms with E-state index in [-0.39, 0.29) is 5.91 Å². The van der Waals surface area contributed by atoms with Crippen LogP contribution in [-0.2, 0) is 6.42 Å². The van der Waals surface area contributed by atoms with E-state index in [1.54, 1.807) is 49.8 Å². The molecule has 3 aromatic rings. The molecule has 1 N–H and O–H groups in total. The number of amides is 1. The Morgan fingerprint density at radius 3 is 2.64 bits per heavy atom. The Bertz CT molecular complexity index is 988. The Kier molecular flexibility index (Phi) is 6.54. The van der Waals surface area contributed by atoms with Crippen molar-refractivity contribution in [3.63, 3.8) is 0 Å². The normalized spacial score (nSPS) is 10.6. The molecule has 0 saturated carbocycles. The number of nitrogens with one attached hydrogen (secondary N) is 1. The molecule has 0 bridgehead atoms. The standard InChI is InChI=1S/C21H21ClN2O3S/c1-13-19(9-10-23-20(25)14-5-4-6-16(22)11-14)28-21(24-13)15-7-8-17(26-2)18(12-15)27-3/h4-8,11-12H,9-10H2,1-3H3,(H,23,25). The summed E-state index contributed by atoms with van der Waals surface area (Å²) in [6.45, 7) is 2.51. The van der Waals surface area contributed by atoms with Gasteiger partial charge in [0, 0.05) is 34.0 Å². The molecule has 0 aliphatic carbocycles. The van der Waals surface area contributed by atoms with E-state index in [2.05, 4.69) is 10.3 Å². The lowest BCUT2D eigenvalue weighted by atomic mass is 10.2. The maximum atomic E-state index is 12.2. The molecule has 2 aromatic carbocycles. The van der Waals surface area contributed by atoms with Crippen molar-refractivity contribution >= 4 is 28.8 Å². The maximum Gasteiger partial charge on any atom is 0.251 e. The van der Waals surface area contributed by atoms with Crippen molar-refractivity contribution in [2.24, 2.45) is 0 Å². The van der Waals surface area contributed by atoms with Crippen LogP contribution in [0, 0.1) is 6.92 Å². The highest BCUT2D eigenvalue weighted by molar-refractivity contribution is 7.15. The van der Waals surface area contributed by atoms with Crippen LogP contribution in [0.3, 0.4) is 0 Å². The number of carbonyl (C=O) groups is 1. The van der Waals surface area contributed by atoms with Crippen molar-refractivity contribution in [3.05, 3.63) is 63.6 Å². The number of methoxy groups -OCH3 is 2. The van der Waals surface area contributed by atoms with E-state index in [0.29, 0.717) is 35.1 Å². The van der Waals surface area contributed by atoms with Crippen LogP contribution in [-0.4, -0.2) is 31.7 Å². The van der Waals surface area contributed by atoms with Gasteiger partial charge < -0.3 is 14.8 Å². The van der Waals surface area contributed by atoms with Gasteiger partial charge in [-0.15, -0.1) is 11.3 Å². The molecule has 146 valence electrons. The predicted molar refractivity (Wildman–Crippen MR) is 113 cm³/mol. The molecule has 28 heavy (non-hydrogen) atoms. The first-order chi connectivity index (χ1) is 13.5. The minimum absolute atomic E-state index is 0.134. The molecule has 0 fully saturated rings.